The van der Waals surface area contributed by atoms with E-state index in [1.807, 2.05) is 0 Å². The van der Waals surface area contributed by atoms with E-state index < -0.39 is 74.4 Å². The first-order chi connectivity index (χ1) is 14.5. The Morgan fingerprint density at radius 1 is 0.474 bits per heavy atom. The summed E-state index contributed by atoms with van der Waals surface area (Å²) >= 11 is -1.16. The van der Waals surface area contributed by atoms with E-state index in [-0.39, 0.29) is 171 Å². The predicted molar refractivity (Wildman–Crippen MR) is 51.1 cm³/mol. The molecule has 24 nitrogen and oxygen atoms in total. The monoisotopic (exact) mass is 1290 g/mol. The van der Waals surface area contributed by atoms with Crippen LogP contribution in [0.1, 0.15) is 0 Å². The van der Waals surface area contributed by atoms with E-state index in [2.05, 4.69) is 5.37 Å². The van der Waals surface area contributed by atoms with E-state index in [0.29, 0.717) is 0 Å². The maximum Gasteiger partial charge on any atom is 3.00 e. The number of hydrogen-bond donors (Lipinski definition) is 0. The van der Waals surface area contributed by atoms with Gasteiger partial charge in [0.25, 0.3) is 0 Å². The number of carbonyl (C=O) groups excluding carboxylic acids is 8. The van der Waals surface area contributed by atoms with Crippen LogP contribution >= 0.6 is 0 Å². The van der Waals surface area contributed by atoms with E-state index in [1.165, 1.54) is 0 Å². The average molecular weight is 1290 g/mol. The van der Waals surface area contributed by atoms with Gasteiger partial charge in [-0.1, -0.05) is 0 Å². The summed E-state index contributed by atoms with van der Waals surface area (Å²) < 4.78 is 8.53. The zero-order valence-corrected chi connectivity index (χ0v) is 32.2. The molecule has 0 aromatic heterocycles. The Morgan fingerprint density at radius 3 is 0.526 bits per heavy atom. The Bertz CT molecular complexity index is 460. The van der Waals surface area contributed by atoms with Crippen LogP contribution in [0.2, 0.25) is 0 Å². The van der Waals surface area contributed by atoms with Crippen LogP contribution in [0, 0.1) is 121 Å². The Morgan fingerprint density at radius 2 is 0.526 bits per heavy atom. The molecule has 30 heteroatoms. The van der Waals surface area contributed by atoms with Crippen LogP contribution in [0.25, 0.3) is 0 Å². The van der Waals surface area contributed by atoms with Crippen LogP contribution in [0.15, 0.2) is 0 Å². The van der Waals surface area contributed by atoms with Crippen molar-refractivity contribution in [3.05, 3.63) is 0 Å². The van der Waals surface area contributed by atoms with Gasteiger partial charge in [-0.2, -0.15) is 0 Å². The van der Waals surface area contributed by atoms with Gasteiger partial charge in [-0.05, 0) is 43.1 Å². The second kappa shape index (κ2) is 66.2. The van der Waals surface area contributed by atoms with E-state index in [1.54, 1.807) is 0 Å². The fraction of sp³-hybridized carbons (Fsp3) is 0. The van der Waals surface area contributed by atoms with Gasteiger partial charge in [-0.25, -0.2) is 0 Å². The van der Waals surface area contributed by atoms with Gasteiger partial charge in [0.05, 0.1) is 0 Å². The average Bonchev–Trinajstić information content (AvgIpc) is 2.40. The first-order valence-electron chi connectivity index (χ1n) is 5.31. The minimum absolute atomic E-state index is 0. The van der Waals surface area contributed by atoms with E-state index >= 15 is 0 Å². The summed E-state index contributed by atoms with van der Waals surface area (Å²) in [7, 11) is 0. The minimum Gasteiger partial charge on any atom is 2.00 e. The molecule has 1 saturated heterocycles. The van der Waals surface area contributed by atoms with Crippen LogP contribution in [0.3, 0.4) is 0 Å². The van der Waals surface area contributed by atoms with Crippen molar-refractivity contribution in [2.24, 2.45) is 0 Å². The second-order valence-electron chi connectivity index (χ2n) is 2.29. The van der Waals surface area contributed by atoms with Crippen LogP contribution in [-0.4, -0.2) is 74.4 Å². The molecule has 1 heterocycles. The van der Waals surface area contributed by atoms with E-state index in [9.17, 15) is 4.79 Å². The van der Waals surface area contributed by atoms with Gasteiger partial charge in [0.15, 0.2) is 0 Å². The van der Waals surface area contributed by atoms with Gasteiger partial charge < -0.3 is 105 Å². The van der Waals surface area contributed by atoms with Crippen LogP contribution in [0.4, 0.5) is 38.4 Å². The number of carbonyl (C=O) groups is 8. The fourth-order valence-electron chi connectivity index (χ4n) is 0.0757. The van der Waals surface area contributed by atoms with Gasteiger partial charge in [-0.15, -0.1) is 0 Å². The summed E-state index contributed by atoms with van der Waals surface area (Å²) in [6.45, 7) is 0. The Hall–Kier alpha value is 0.718. The molecule has 0 aromatic rings. The number of carboxylic acid groups (broad SMARTS) is 14. The van der Waals surface area contributed by atoms with Crippen molar-refractivity contribution in [2.45, 2.75) is 0 Å². The summed E-state index contributed by atoms with van der Waals surface area (Å²) in [6.07, 6.45) is -16.8. The normalized spacial score (nSPS) is 6.89. The molecular formula is C8CuGdNdO24PbSmY. The summed E-state index contributed by atoms with van der Waals surface area (Å²) in [5.74, 6) is 0. The standard InChI is InChI=1S/8CH2O3.Cu.Gd.Nd.Pb.Sm.Y/c8*2-1(3)4;;;;;;/h8*(H2,2,3,4);;;;;;/q;;;;;;;;+2;2*+3;+2;2*+3/p-16. The van der Waals surface area contributed by atoms with Crippen molar-refractivity contribution in [3.8, 4) is 0 Å². The SMILES string of the molecule is O=C([O-])[O-].O=C([O-])[O-].O=C([O-])[O-].O=C([O-])[O-].O=C([O-])[O-].O=C([O-])[O-].O=C([O-])[O-].O=C1[O][Pb][O]1.[Cu+2].[Gd+3].[Nd+3].[Sm+3].[Y+3]. The third-order valence-corrected chi connectivity index (χ3v) is 2.19. The first kappa shape index (κ1) is 77.2. The van der Waals surface area contributed by atoms with Gasteiger partial charge in [0, 0.05) is 0 Å². The quantitative estimate of drug-likeness (QED) is 0.203. The molecule has 0 N–H and O–H groups in total. The molecule has 0 spiro atoms. The summed E-state index contributed by atoms with van der Waals surface area (Å²) in [5.41, 5.74) is 0. The maximum atomic E-state index is 9.50. The molecule has 1 fully saturated rings. The third-order valence-electron chi connectivity index (χ3n) is 0.250. The van der Waals surface area contributed by atoms with Crippen molar-refractivity contribution in [3.63, 3.8) is 0 Å². The fourth-order valence-corrected chi connectivity index (χ4v) is 0.664. The summed E-state index contributed by atoms with van der Waals surface area (Å²) in [6, 6.07) is 0. The van der Waals surface area contributed by atoms with Crippen molar-refractivity contribution in [1.29, 1.82) is 0 Å². The van der Waals surface area contributed by atoms with Crippen LogP contribution in [-0.2, 0) is 55.2 Å². The molecule has 0 bridgehead atoms. The van der Waals surface area contributed by atoms with E-state index in [0.717, 1.165) is 0 Å². The Kier molecular flexibility index (Phi) is 134. The van der Waals surface area contributed by atoms with Crippen molar-refractivity contribution < 1.29 is 286 Å². The molecule has 0 saturated carbocycles. The molecule has 38 heavy (non-hydrogen) atoms. The van der Waals surface area contributed by atoms with E-state index in [4.69, 9.17) is 105 Å². The Balaban J connectivity index is -0.0000000200. The molecule has 0 aliphatic carbocycles. The predicted octanol–water partition coefficient (Wildman–Crippen LogP) is -17.4. The molecule has 0 unspecified atom stereocenters. The molecule has 212 valence electrons. The summed E-state index contributed by atoms with van der Waals surface area (Å²) in [5, 5.41) is 117. The smallest absolute Gasteiger partial charge is 2.00 e. The molecule has 0 atom stereocenters. The van der Waals surface area contributed by atoms with Crippen LogP contribution in [0.5, 0.6) is 0 Å². The molecule has 1 aliphatic heterocycles. The molecule has 0 aromatic carbocycles. The molecular weight excluding hydrogens is 1290 g/mol. The van der Waals surface area contributed by atoms with Gasteiger partial charge in [0.2, 0.25) is 0 Å². The van der Waals surface area contributed by atoms with Gasteiger partial charge in [-0.3, -0.25) is 0 Å². The topological polar surface area (TPSA) is 478 Å². The number of rotatable bonds is 0. The zero-order valence-electron chi connectivity index (χ0n) is 16.4. The maximum absolute atomic E-state index is 9.50. The molecule has 1 rings (SSSR count). The second-order valence-corrected chi connectivity index (χ2v) is 4.52. The molecule has 1 aliphatic rings. The van der Waals surface area contributed by atoms with Crippen molar-refractivity contribution >= 4 is 74.4 Å². The van der Waals surface area contributed by atoms with Gasteiger partial charge in [0.1, 0.15) is 0 Å². The van der Waals surface area contributed by atoms with Crippen LogP contribution < -0.4 is 71.5 Å². The largest absolute Gasteiger partial charge is 3.00 e. The third kappa shape index (κ3) is 1040. The summed E-state index contributed by atoms with van der Waals surface area (Å²) in [4.78, 5) is 67.8. The minimum atomic E-state index is -2.33. The van der Waals surface area contributed by atoms with Gasteiger partial charge >= 0.3 is 212 Å². The Labute approximate surface area is 353 Å². The number of hydrogen-bond acceptors (Lipinski definition) is 24. The first-order valence-corrected chi connectivity index (χ1v) is 8.48. The van der Waals surface area contributed by atoms with Crippen molar-refractivity contribution in [1.82, 2.24) is 0 Å². The molecule has 0 amide bonds. The zero-order chi connectivity index (χ0) is 28.7. The van der Waals surface area contributed by atoms with Crippen molar-refractivity contribution in [2.75, 3.05) is 0 Å². The molecule has 6 radical (unpaired) electrons.